The molecule has 1 aliphatic rings. The number of nitrogens with zero attached hydrogens (tertiary/aromatic N) is 1. The van der Waals surface area contributed by atoms with Crippen molar-refractivity contribution in [1.29, 1.82) is 0 Å². The largest absolute Gasteiger partial charge is 0.302 e. The van der Waals surface area contributed by atoms with Gasteiger partial charge < -0.3 is 5.32 Å². The summed E-state index contributed by atoms with van der Waals surface area (Å²) >= 11 is 0. The van der Waals surface area contributed by atoms with Crippen LogP contribution in [0.25, 0.3) is 0 Å². The molecule has 1 heterocycles. The Bertz CT molecular complexity index is 511. The van der Waals surface area contributed by atoms with E-state index in [2.05, 4.69) is 37.4 Å². The molecule has 0 radical (unpaired) electrons. The van der Waals surface area contributed by atoms with Crippen molar-refractivity contribution in [2.45, 2.75) is 39.3 Å². The number of benzene rings is 1. The molecule has 102 valence electrons. The van der Waals surface area contributed by atoms with E-state index in [0.717, 1.165) is 0 Å². The molecule has 1 aliphatic heterocycles. The highest BCUT2D eigenvalue weighted by atomic mass is 16.2. The van der Waals surface area contributed by atoms with E-state index >= 15 is 0 Å². The number of piperidine rings is 1. The van der Waals surface area contributed by atoms with Gasteiger partial charge in [0.15, 0.2) is 0 Å². The van der Waals surface area contributed by atoms with E-state index in [9.17, 15) is 9.59 Å². The Labute approximate surface area is 113 Å². The fourth-order valence-corrected chi connectivity index (χ4v) is 2.38. The van der Waals surface area contributed by atoms with Crippen LogP contribution >= 0.6 is 0 Å². The lowest BCUT2D eigenvalue weighted by atomic mass is 10.0. The molecule has 4 nitrogen and oxygen atoms in total. The van der Waals surface area contributed by atoms with E-state index in [1.807, 2.05) is 0 Å². The second-order valence-electron chi connectivity index (χ2n) is 5.19. The third-order valence-electron chi connectivity index (χ3n) is 3.69. The second-order valence-corrected chi connectivity index (χ2v) is 5.19. The molecule has 19 heavy (non-hydrogen) atoms. The number of imide groups is 1. The van der Waals surface area contributed by atoms with E-state index in [-0.39, 0.29) is 17.9 Å². The summed E-state index contributed by atoms with van der Waals surface area (Å²) in [6.45, 7) is 4.79. The molecule has 0 aliphatic carbocycles. The van der Waals surface area contributed by atoms with Crippen molar-refractivity contribution in [3.63, 3.8) is 0 Å². The van der Waals surface area contributed by atoms with Gasteiger partial charge in [-0.1, -0.05) is 23.8 Å². The highest BCUT2D eigenvalue weighted by molar-refractivity contribution is 6.00. The summed E-state index contributed by atoms with van der Waals surface area (Å²) in [5, 5.41) is 3.26. The number of hydrogen-bond donors (Lipinski definition) is 1. The molecular weight excluding hydrogens is 240 g/mol. The van der Waals surface area contributed by atoms with Crippen LogP contribution in [0, 0.1) is 13.8 Å². The summed E-state index contributed by atoms with van der Waals surface area (Å²) < 4.78 is 0. The summed E-state index contributed by atoms with van der Waals surface area (Å²) in [6.07, 6.45) is 1.03. The van der Waals surface area contributed by atoms with E-state index in [1.54, 1.807) is 7.05 Å². The van der Waals surface area contributed by atoms with Crippen LogP contribution in [0.4, 0.5) is 0 Å². The number of carbonyl (C=O) groups excluding carboxylic acids is 2. The molecule has 1 saturated heterocycles. The van der Waals surface area contributed by atoms with Crippen molar-refractivity contribution in [2.75, 3.05) is 7.05 Å². The number of nitrogens with one attached hydrogen (secondary N) is 1. The number of carbonyl (C=O) groups is 2. The zero-order valence-corrected chi connectivity index (χ0v) is 11.7. The molecular formula is C15H20N2O2. The van der Waals surface area contributed by atoms with Crippen LogP contribution in [0.15, 0.2) is 18.2 Å². The van der Waals surface area contributed by atoms with E-state index in [0.29, 0.717) is 19.4 Å². The fourth-order valence-electron chi connectivity index (χ4n) is 2.38. The first kappa shape index (κ1) is 13.7. The standard InChI is InChI=1S/C15H20N2O2/c1-10-4-5-12(11(2)8-10)9-16-13-6-7-14(18)17(3)15(13)19/h4-5,8,13,16H,6-7,9H2,1-3H3. The fraction of sp³-hybridized carbons (Fsp3) is 0.467. The molecule has 1 aromatic carbocycles. The summed E-state index contributed by atoms with van der Waals surface area (Å²) in [7, 11) is 1.55. The van der Waals surface area contributed by atoms with Crippen molar-refractivity contribution >= 4 is 11.8 Å². The number of amides is 2. The Morgan fingerprint density at radius 1 is 1.32 bits per heavy atom. The minimum Gasteiger partial charge on any atom is -0.302 e. The molecule has 4 heteroatoms. The average molecular weight is 260 g/mol. The first-order chi connectivity index (χ1) is 8.99. The lowest BCUT2D eigenvalue weighted by Crippen LogP contribution is -2.51. The Morgan fingerprint density at radius 3 is 2.74 bits per heavy atom. The Kier molecular flexibility index (Phi) is 4.00. The maximum atomic E-state index is 11.9. The van der Waals surface area contributed by atoms with Gasteiger partial charge in [-0.15, -0.1) is 0 Å². The first-order valence-corrected chi connectivity index (χ1v) is 6.59. The molecule has 0 spiro atoms. The van der Waals surface area contributed by atoms with Crippen molar-refractivity contribution in [3.05, 3.63) is 34.9 Å². The molecule has 2 amide bonds. The third kappa shape index (κ3) is 3.01. The predicted molar refractivity (Wildman–Crippen MR) is 73.6 cm³/mol. The highest BCUT2D eigenvalue weighted by Crippen LogP contribution is 2.14. The van der Waals surface area contributed by atoms with Gasteiger partial charge in [0.1, 0.15) is 0 Å². The van der Waals surface area contributed by atoms with Crippen molar-refractivity contribution in [3.8, 4) is 0 Å². The Morgan fingerprint density at radius 2 is 2.05 bits per heavy atom. The molecule has 0 bridgehead atoms. The van der Waals surface area contributed by atoms with E-state index < -0.39 is 0 Å². The number of rotatable bonds is 3. The third-order valence-corrected chi connectivity index (χ3v) is 3.69. The van der Waals surface area contributed by atoms with Gasteiger partial charge in [-0.3, -0.25) is 14.5 Å². The second kappa shape index (κ2) is 5.53. The zero-order chi connectivity index (χ0) is 14.0. The average Bonchev–Trinajstić information content (AvgIpc) is 2.37. The minimum atomic E-state index is -0.247. The maximum absolute atomic E-state index is 11.9. The Hall–Kier alpha value is -1.68. The van der Waals surface area contributed by atoms with Gasteiger partial charge in [-0.2, -0.15) is 0 Å². The lowest BCUT2D eigenvalue weighted by Gasteiger charge is -2.28. The van der Waals surface area contributed by atoms with Gasteiger partial charge in [0, 0.05) is 20.0 Å². The maximum Gasteiger partial charge on any atom is 0.246 e. The van der Waals surface area contributed by atoms with Crippen LogP contribution in [0.2, 0.25) is 0 Å². The van der Waals surface area contributed by atoms with Crippen LogP contribution in [0.1, 0.15) is 29.5 Å². The van der Waals surface area contributed by atoms with Crippen LogP contribution < -0.4 is 5.32 Å². The molecule has 0 saturated carbocycles. The number of hydrogen-bond acceptors (Lipinski definition) is 3. The Balaban J connectivity index is 1.99. The number of likely N-dealkylation sites (tertiary alicyclic amines) is 1. The van der Waals surface area contributed by atoms with Gasteiger partial charge in [0.25, 0.3) is 0 Å². The summed E-state index contributed by atoms with van der Waals surface area (Å²) in [6, 6.07) is 6.04. The molecule has 2 rings (SSSR count). The molecule has 1 fully saturated rings. The van der Waals surface area contributed by atoms with Crippen LogP contribution in [0.3, 0.4) is 0 Å². The van der Waals surface area contributed by atoms with Crippen molar-refractivity contribution in [1.82, 2.24) is 10.2 Å². The van der Waals surface area contributed by atoms with Gasteiger partial charge >= 0.3 is 0 Å². The molecule has 1 unspecified atom stereocenters. The zero-order valence-electron chi connectivity index (χ0n) is 11.7. The smallest absolute Gasteiger partial charge is 0.246 e. The van der Waals surface area contributed by atoms with Gasteiger partial charge in [0.2, 0.25) is 11.8 Å². The lowest BCUT2D eigenvalue weighted by molar-refractivity contribution is -0.148. The van der Waals surface area contributed by atoms with E-state index in [4.69, 9.17) is 0 Å². The first-order valence-electron chi connectivity index (χ1n) is 6.59. The van der Waals surface area contributed by atoms with Crippen LogP contribution in [-0.4, -0.2) is 29.8 Å². The van der Waals surface area contributed by atoms with Crippen molar-refractivity contribution < 1.29 is 9.59 Å². The molecule has 1 atom stereocenters. The summed E-state index contributed by atoms with van der Waals surface area (Å²) in [5.74, 6) is -0.212. The molecule has 1 N–H and O–H groups in total. The SMILES string of the molecule is Cc1ccc(CNC2CCC(=O)N(C)C2=O)c(C)c1. The van der Waals surface area contributed by atoms with Crippen LogP contribution in [-0.2, 0) is 16.1 Å². The number of aryl methyl sites for hydroxylation is 2. The minimum absolute atomic E-state index is 0.0884. The van der Waals surface area contributed by atoms with Crippen LogP contribution in [0.5, 0.6) is 0 Å². The van der Waals surface area contributed by atoms with Crippen molar-refractivity contribution in [2.24, 2.45) is 0 Å². The van der Waals surface area contributed by atoms with Gasteiger partial charge in [-0.05, 0) is 31.4 Å². The number of likely N-dealkylation sites (N-methyl/N-ethyl adjacent to an activating group) is 1. The quantitative estimate of drug-likeness (QED) is 0.839. The highest BCUT2D eigenvalue weighted by Gasteiger charge is 2.31. The normalized spacial score (nSPS) is 19.9. The molecule has 1 aromatic rings. The monoisotopic (exact) mass is 260 g/mol. The topological polar surface area (TPSA) is 49.4 Å². The predicted octanol–water partition coefficient (Wildman–Crippen LogP) is 1.54. The summed E-state index contributed by atoms with van der Waals surface area (Å²) in [5.41, 5.74) is 3.65. The van der Waals surface area contributed by atoms with E-state index in [1.165, 1.54) is 21.6 Å². The van der Waals surface area contributed by atoms with Gasteiger partial charge in [-0.25, -0.2) is 0 Å². The molecule has 0 aromatic heterocycles. The summed E-state index contributed by atoms with van der Waals surface area (Å²) in [4.78, 5) is 24.6. The van der Waals surface area contributed by atoms with Gasteiger partial charge in [0.05, 0.1) is 6.04 Å².